The summed E-state index contributed by atoms with van der Waals surface area (Å²) in [6.07, 6.45) is 1.47. The maximum atomic E-state index is 13.6. The fraction of sp³-hybridized carbons (Fsp3) is 0.118. The van der Waals surface area contributed by atoms with Crippen LogP contribution >= 0.6 is 27.5 Å². The molecule has 2 rings (SSSR count). The van der Waals surface area contributed by atoms with Crippen molar-refractivity contribution in [2.75, 3.05) is 6.61 Å². The van der Waals surface area contributed by atoms with E-state index in [1.54, 1.807) is 18.2 Å². The van der Waals surface area contributed by atoms with Crippen LogP contribution in [0.3, 0.4) is 0 Å². The molecule has 2 aromatic carbocycles. The average Bonchev–Trinajstić information content (AvgIpc) is 2.53. The lowest BCUT2D eigenvalue weighted by Gasteiger charge is -2.12. The van der Waals surface area contributed by atoms with Crippen LogP contribution in [0.2, 0.25) is 5.02 Å². The van der Waals surface area contributed by atoms with Gasteiger partial charge in [0.15, 0.2) is 5.75 Å². The van der Waals surface area contributed by atoms with Gasteiger partial charge >= 0.3 is 5.97 Å². The van der Waals surface area contributed by atoms with Crippen LogP contribution in [0.4, 0.5) is 4.39 Å². The van der Waals surface area contributed by atoms with Gasteiger partial charge in [-0.1, -0.05) is 42.5 Å². The number of hydrogen-bond donors (Lipinski definition) is 0. The molecule has 0 amide bonds. The summed E-state index contributed by atoms with van der Waals surface area (Å²) < 4.78 is 24.6. The molecule has 2 aromatic rings. The van der Waals surface area contributed by atoms with Gasteiger partial charge in [0.05, 0.1) is 15.1 Å². The Bertz CT molecular complexity index is 711. The Kier molecular flexibility index (Phi) is 6.19. The van der Waals surface area contributed by atoms with Crippen LogP contribution in [0.15, 0.2) is 53.5 Å². The molecule has 0 heterocycles. The zero-order valence-corrected chi connectivity index (χ0v) is 14.4. The first-order chi connectivity index (χ1) is 11.0. The molecule has 0 atom stereocenters. The SMILES string of the molecule is C=CCOC(=O)c1cc(Cl)c(OCc2ccccc2F)c(Br)c1. The topological polar surface area (TPSA) is 35.5 Å². The van der Waals surface area contributed by atoms with Gasteiger partial charge in [-0.3, -0.25) is 0 Å². The van der Waals surface area contributed by atoms with Crippen LogP contribution in [0.5, 0.6) is 5.75 Å². The van der Waals surface area contributed by atoms with Gasteiger partial charge in [0.1, 0.15) is 19.0 Å². The fourth-order valence-electron chi connectivity index (χ4n) is 1.80. The normalized spacial score (nSPS) is 10.2. The van der Waals surface area contributed by atoms with Gasteiger partial charge < -0.3 is 9.47 Å². The standard InChI is InChI=1S/C17H13BrClFO3/c1-2-7-22-17(21)12-8-13(18)16(14(19)9-12)23-10-11-5-3-4-6-15(11)20/h2-6,8-9H,1,7,10H2. The van der Waals surface area contributed by atoms with Gasteiger partial charge in [-0.25, -0.2) is 9.18 Å². The molecule has 0 aromatic heterocycles. The summed E-state index contributed by atoms with van der Waals surface area (Å²) in [4.78, 5) is 11.8. The van der Waals surface area contributed by atoms with Crippen LogP contribution in [-0.4, -0.2) is 12.6 Å². The number of carbonyl (C=O) groups is 1. The second-order valence-corrected chi connectivity index (χ2v) is 5.80. The van der Waals surface area contributed by atoms with Crippen LogP contribution in [-0.2, 0) is 11.3 Å². The number of carbonyl (C=O) groups excluding carboxylic acids is 1. The van der Waals surface area contributed by atoms with E-state index < -0.39 is 5.97 Å². The van der Waals surface area contributed by atoms with Crippen molar-refractivity contribution in [1.29, 1.82) is 0 Å². The van der Waals surface area contributed by atoms with Crippen LogP contribution in [0.25, 0.3) is 0 Å². The maximum Gasteiger partial charge on any atom is 0.338 e. The number of benzene rings is 2. The van der Waals surface area contributed by atoms with E-state index in [-0.39, 0.29) is 29.6 Å². The lowest BCUT2D eigenvalue weighted by molar-refractivity contribution is 0.0549. The van der Waals surface area contributed by atoms with Crippen molar-refractivity contribution in [2.45, 2.75) is 6.61 Å². The molecule has 0 bridgehead atoms. The van der Waals surface area contributed by atoms with Gasteiger partial charge in [-0.15, -0.1) is 0 Å². The monoisotopic (exact) mass is 398 g/mol. The lowest BCUT2D eigenvalue weighted by Crippen LogP contribution is -2.06. The first kappa shape index (κ1) is 17.5. The number of halogens is 3. The minimum absolute atomic E-state index is 0.0191. The Morgan fingerprint density at radius 2 is 2.09 bits per heavy atom. The number of hydrogen-bond acceptors (Lipinski definition) is 3. The molecule has 0 saturated heterocycles. The van der Waals surface area contributed by atoms with E-state index in [9.17, 15) is 9.18 Å². The Morgan fingerprint density at radius 1 is 1.35 bits per heavy atom. The van der Waals surface area contributed by atoms with E-state index in [4.69, 9.17) is 21.1 Å². The second kappa shape index (κ2) is 8.13. The Labute approximate surface area is 146 Å². The van der Waals surface area contributed by atoms with E-state index in [0.29, 0.717) is 15.8 Å². The highest BCUT2D eigenvalue weighted by molar-refractivity contribution is 9.10. The molecule has 0 spiro atoms. The quantitative estimate of drug-likeness (QED) is 0.497. The largest absolute Gasteiger partial charge is 0.486 e. The molecule has 0 aliphatic heterocycles. The summed E-state index contributed by atoms with van der Waals surface area (Å²) in [5.41, 5.74) is 0.687. The van der Waals surface area contributed by atoms with Crippen molar-refractivity contribution >= 4 is 33.5 Å². The number of rotatable bonds is 6. The third-order valence-electron chi connectivity index (χ3n) is 2.90. The summed E-state index contributed by atoms with van der Waals surface area (Å²) in [5.74, 6) is -0.548. The summed E-state index contributed by atoms with van der Waals surface area (Å²) in [6, 6.07) is 9.27. The predicted octanol–water partition coefficient (Wildman–Crippen LogP) is 5.16. The van der Waals surface area contributed by atoms with E-state index in [2.05, 4.69) is 22.5 Å². The summed E-state index contributed by atoms with van der Waals surface area (Å²) in [7, 11) is 0. The smallest absolute Gasteiger partial charge is 0.338 e. The van der Waals surface area contributed by atoms with Gasteiger partial charge in [-0.2, -0.15) is 0 Å². The molecule has 120 valence electrons. The summed E-state index contributed by atoms with van der Waals surface area (Å²) in [6.45, 7) is 3.60. The third kappa shape index (κ3) is 4.56. The molecule has 6 heteroatoms. The van der Waals surface area contributed by atoms with Crippen molar-refractivity contribution in [1.82, 2.24) is 0 Å². The lowest BCUT2D eigenvalue weighted by atomic mass is 10.2. The molecular weight excluding hydrogens is 387 g/mol. The minimum atomic E-state index is -0.520. The fourth-order valence-corrected chi connectivity index (χ4v) is 2.76. The number of esters is 1. The molecule has 0 radical (unpaired) electrons. The molecule has 0 unspecified atom stereocenters. The molecular formula is C17H13BrClFO3. The van der Waals surface area contributed by atoms with Crippen molar-refractivity contribution < 1.29 is 18.7 Å². The molecule has 0 N–H and O–H groups in total. The summed E-state index contributed by atoms with van der Waals surface area (Å²) in [5, 5.41) is 0.223. The van der Waals surface area contributed by atoms with Crippen molar-refractivity contribution in [3.05, 3.63) is 75.5 Å². The van der Waals surface area contributed by atoms with Crippen LogP contribution in [0, 0.1) is 5.82 Å². The molecule has 0 aliphatic rings. The highest BCUT2D eigenvalue weighted by Crippen LogP contribution is 2.35. The Balaban J connectivity index is 2.16. The predicted molar refractivity (Wildman–Crippen MR) is 90.4 cm³/mol. The van der Waals surface area contributed by atoms with E-state index in [0.717, 1.165) is 0 Å². The Morgan fingerprint density at radius 3 is 2.74 bits per heavy atom. The highest BCUT2D eigenvalue weighted by Gasteiger charge is 2.15. The molecule has 0 aliphatic carbocycles. The maximum absolute atomic E-state index is 13.6. The van der Waals surface area contributed by atoms with Crippen molar-refractivity contribution in [3.8, 4) is 5.75 Å². The van der Waals surface area contributed by atoms with E-state index >= 15 is 0 Å². The van der Waals surface area contributed by atoms with Gasteiger partial charge in [0, 0.05) is 5.56 Å². The molecule has 0 fully saturated rings. The molecule has 0 saturated carbocycles. The van der Waals surface area contributed by atoms with E-state index in [1.165, 1.54) is 24.3 Å². The third-order valence-corrected chi connectivity index (χ3v) is 3.77. The van der Waals surface area contributed by atoms with E-state index in [1.807, 2.05) is 0 Å². The van der Waals surface area contributed by atoms with Crippen molar-refractivity contribution in [2.24, 2.45) is 0 Å². The zero-order valence-electron chi connectivity index (χ0n) is 12.0. The van der Waals surface area contributed by atoms with Gasteiger partial charge in [-0.05, 0) is 34.1 Å². The van der Waals surface area contributed by atoms with Crippen molar-refractivity contribution in [3.63, 3.8) is 0 Å². The first-order valence-electron chi connectivity index (χ1n) is 6.66. The Hall–Kier alpha value is -1.85. The first-order valence-corrected chi connectivity index (χ1v) is 7.83. The molecule has 23 heavy (non-hydrogen) atoms. The minimum Gasteiger partial charge on any atom is -0.486 e. The van der Waals surface area contributed by atoms with Crippen LogP contribution in [0.1, 0.15) is 15.9 Å². The zero-order chi connectivity index (χ0) is 16.8. The number of ether oxygens (including phenoxy) is 2. The van der Waals surface area contributed by atoms with Gasteiger partial charge in [0.25, 0.3) is 0 Å². The van der Waals surface area contributed by atoms with Crippen LogP contribution < -0.4 is 4.74 Å². The summed E-state index contributed by atoms with van der Waals surface area (Å²) >= 11 is 9.44. The average molecular weight is 400 g/mol. The second-order valence-electron chi connectivity index (χ2n) is 4.54. The van der Waals surface area contributed by atoms with Gasteiger partial charge in [0.2, 0.25) is 0 Å². The highest BCUT2D eigenvalue weighted by atomic mass is 79.9. The molecule has 3 nitrogen and oxygen atoms in total.